The van der Waals surface area contributed by atoms with E-state index in [1.165, 1.54) is 9.80 Å². The molecule has 0 radical (unpaired) electrons. The predicted octanol–water partition coefficient (Wildman–Crippen LogP) is 3.30. The molecule has 0 spiro atoms. The van der Waals surface area contributed by atoms with Gasteiger partial charge in [0.2, 0.25) is 11.8 Å². The molecule has 2 amide bonds. The van der Waals surface area contributed by atoms with E-state index >= 15 is 0 Å². The van der Waals surface area contributed by atoms with Crippen LogP contribution in [0, 0.1) is 0 Å². The SMILES string of the molecule is C=CCN(C/C=C/CN(CC=C)C(=O)C(=C)CN=[N+]=[N-])C(=O)C(=C)CN=[N+]=[N-]. The van der Waals surface area contributed by atoms with Gasteiger partial charge in [-0.3, -0.25) is 9.59 Å². The summed E-state index contributed by atoms with van der Waals surface area (Å²) in [5.74, 6) is -0.697. The summed E-state index contributed by atoms with van der Waals surface area (Å²) < 4.78 is 0. The number of hydrogen-bond acceptors (Lipinski definition) is 4. The van der Waals surface area contributed by atoms with Crippen molar-refractivity contribution in [2.45, 2.75) is 0 Å². The van der Waals surface area contributed by atoms with Crippen molar-refractivity contribution in [3.63, 3.8) is 0 Å². The average molecular weight is 384 g/mol. The van der Waals surface area contributed by atoms with Crippen LogP contribution in [0.4, 0.5) is 0 Å². The first kappa shape index (κ1) is 24.3. The van der Waals surface area contributed by atoms with Gasteiger partial charge in [-0.2, -0.15) is 0 Å². The third kappa shape index (κ3) is 9.10. The fraction of sp³-hybridized carbons (Fsp3) is 0.333. The van der Waals surface area contributed by atoms with Crippen LogP contribution in [0.15, 0.2) is 72.0 Å². The third-order valence-electron chi connectivity index (χ3n) is 3.35. The van der Waals surface area contributed by atoms with Crippen molar-refractivity contribution in [2.24, 2.45) is 10.2 Å². The second-order valence-electron chi connectivity index (χ2n) is 5.45. The van der Waals surface area contributed by atoms with Crippen LogP contribution in [-0.2, 0) is 9.59 Å². The number of carbonyl (C=O) groups is 2. The Morgan fingerprint density at radius 1 is 0.786 bits per heavy atom. The molecule has 0 aliphatic carbocycles. The summed E-state index contributed by atoms with van der Waals surface area (Å²) in [4.78, 5) is 32.8. The predicted molar refractivity (Wildman–Crippen MR) is 109 cm³/mol. The van der Waals surface area contributed by atoms with Crippen LogP contribution in [0.5, 0.6) is 0 Å². The minimum atomic E-state index is -0.348. The Kier molecular flexibility index (Phi) is 12.5. The van der Waals surface area contributed by atoms with Crippen molar-refractivity contribution in [1.29, 1.82) is 0 Å². The summed E-state index contributed by atoms with van der Waals surface area (Å²) in [6.07, 6.45) is 6.59. The molecule has 0 N–H and O–H groups in total. The van der Waals surface area contributed by atoms with Gasteiger partial charge in [0.25, 0.3) is 0 Å². The Bertz CT molecular complexity index is 681. The van der Waals surface area contributed by atoms with E-state index in [9.17, 15) is 9.59 Å². The van der Waals surface area contributed by atoms with Crippen LogP contribution in [0.2, 0.25) is 0 Å². The Morgan fingerprint density at radius 2 is 1.14 bits per heavy atom. The highest BCUT2D eigenvalue weighted by Crippen LogP contribution is 2.04. The van der Waals surface area contributed by atoms with E-state index in [4.69, 9.17) is 11.1 Å². The van der Waals surface area contributed by atoms with Gasteiger partial charge in [0.05, 0.1) is 13.1 Å². The maximum atomic E-state index is 12.3. The quantitative estimate of drug-likeness (QED) is 0.149. The summed E-state index contributed by atoms with van der Waals surface area (Å²) in [6, 6.07) is 0. The number of carbonyl (C=O) groups excluding carboxylic acids is 2. The molecule has 0 aromatic rings. The van der Waals surface area contributed by atoms with Gasteiger partial charge in [-0.25, -0.2) is 0 Å². The molecule has 0 fully saturated rings. The van der Waals surface area contributed by atoms with E-state index in [-0.39, 0.29) is 62.2 Å². The van der Waals surface area contributed by atoms with Gasteiger partial charge >= 0.3 is 0 Å². The number of nitrogens with zero attached hydrogens (tertiary/aromatic N) is 8. The maximum Gasteiger partial charge on any atom is 0.249 e. The van der Waals surface area contributed by atoms with E-state index < -0.39 is 0 Å². The Balaban J connectivity index is 4.94. The highest BCUT2D eigenvalue weighted by Gasteiger charge is 2.15. The molecule has 0 rings (SSSR count). The van der Waals surface area contributed by atoms with Crippen LogP contribution in [-0.4, -0.2) is 60.9 Å². The van der Waals surface area contributed by atoms with E-state index in [0.717, 1.165) is 0 Å². The van der Waals surface area contributed by atoms with Crippen molar-refractivity contribution < 1.29 is 9.59 Å². The van der Waals surface area contributed by atoms with E-state index in [2.05, 4.69) is 46.4 Å². The standard InChI is InChI=1S/C18H24N8O2/c1-5-9-25(17(27)15(3)13-21-23-19)11-7-8-12-26(10-6-2)18(28)16(4)14-22-24-20/h5-8H,1-4,9-14H2/b8-7+. The molecule has 10 heteroatoms. The molecule has 0 unspecified atom stereocenters. The molecule has 0 aromatic heterocycles. The maximum absolute atomic E-state index is 12.3. The molecule has 28 heavy (non-hydrogen) atoms. The number of rotatable bonds is 14. The van der Waals surface area contributed by atoms with Crippen LogP contribution in [0.25, 0.3) is 20.9 Å². The summed E-state index contributed by atoms with van der Waals surface area (Å²) in [5, 5.41) is 6.66. The Hall–Kier alpha value is -3.74. The van der Waals surface area contributed by atoms with Gasteiger partial charge in [-0.15, -0.1) is 13.2 Å². The smallest absolute Gasteiger partial charge is 0.249 e. The second kappa shape index (κ2) is 14.4. The molecule has 0 aliphatic rings. The second-order valence-corrected chi connectivity index (χ2v) is 5.45. The normalized spacial score (nSPS) is 9.57. The summed E-state index contributed by atoms with van der Waals surface area (Å²) in [7, 11) is 0. The van der Waals surface area contributed by atoms with Crippen molar-refractivity contribution >= 4 is 11.8 Å². The van der Waals surface area contributed by atoms with E-state index in [1.54, 1.807) is 24.3 Å². The molecule has 0 saturated carbocycles. The number of hydrogen-bond donors (Lipinski definition) is 0. The zero-order valence-electron chi connectivity index (χ0n) is 15.8. The summed E-state index contributed by atoms with van der Waals surface area (Å²) in [6.45, 7) is 15.3. The lowest BCUT2D eigenvalue weighted by molar-refractivity contribution is -0.127. The molecular weight excluding hydrogens is 360 g/mol. The Morgan fingerprint density at radius 3 is 1.43 bits per heavy atom. The van der Waals surface area contributed by atoms with Crippen molar-refractivity contribution in [2.75, 3.05) is 39.3 Å². The molecule has 0 bridgehead atoms. The fourth-order valence-corrected chi connectivity index (χ4v) is 2.01. The van der Waals surface area contributed by atoms with Crippen LogP contribution >= 0.6 is 0 Å². The van der Waals surface area contributed by atoms with Crippen molar-refractivity contribution in [3.05, 3.63) is 82.7 Å². The Labute approximate surface area is 164 Å². The first-order chi connectivity index (χ1) is 13.4. The first-order valence-electron chi connectivity index (χ1n) is 8.25. The summed E-state index contributed by atoms with van der Waals surface area (Å²) in [5.41, 5.74) is 17.0. The zero-order valence-corrected chi connectivity index (χ0v) is 15.8. The van der Waals surface area contributed by atoms with Gasteiger partial charge < -0.3 is 9.80 Å². The minimum Gasteiger partial charge on any atom is -0.332 e. The molecule has 148 valence electrons. The number of amides is 2. The first-order valence-corrected chi connectivity index (χ1v) is 8.25. The van der Waals surface area contributed by atoms with E-state index in [1.807, 2.05) is 0 Å². The van der Waals surface area contributed by atoms with Crippen molar-refractivity contribution in [3.8, 4) is 0 Å². The lowest BCUT2D eigenvalue weighted by atomic mass is 10.2. The molecule has 0 atom stereocenters. The molecule has 0 aliphatic heterocycles. The highest BCUT2D eigenvalue weighted by molar-refractivity contribution is 5.94. The third-order valence-corrected chi connectivity index (χ3v) is 3.35. The minimum absolute atomic E-state index is 0.110. The van der Waals surface area contributed by atoms with Crippen LogP contribution in [0.3, 0.4) is 0 Å². The lowest BCUT2D eigenvalue weighted by Crippen LogP contribution is -2.34. The number of azide groups is 2. The van der Waals surface area contributed by atoms with Crippen LogP contribution in [0.1, 0.15) is 0 Å². The van der Waals surface area contributed by atoms with Crippen LogP contribution < -0.4 is 0 Å². The molecule has 0 aromatic carbocycles. The van der Waals surface area contributed by atoms with E-state index in [0.29, 0.717) is 0 Å². The topological polar surface area (TPSA) is 138 Å². The lowest BCUT2D eigenvalue weighted by Gasteiger charge is -2.21. The monoisotopic (exact) mass is 384 g/mol. The van der Waals surface area contributed by atoms with Gasteiger partial charge in [0, 0.05) is 47.1 Å². The molecule has 0 heterocycles. The summed E-state index contributed by atoms with van der Waals surface area (Å²) >= 11 is 0. The van der Waals surface area contributed by atoms with Gasteiger partial charge in [0.1, 0.15) is 0 Å². The van der Waals surface area contributed by atoms with Gasteiger partial charge in [-0.05, 0) is 11.1 Å². The highest BCUT2D eigenvalue weighted by atomic mass is 16.2. The van der Waals surface area contributed by atoms with Gasteiger partial charge in [-0.1, -0.05) is 47.7 Å². The van der Waals surface area contributed by atoms with Crippen molar-refractivity contribution in [1.82, 2.24) is 9.80 Å². The zero-order chi connectivity index (χ0) is 21.4. The molecule has 10 nitrogen and oxygen atoms in total. The average Bonchev–Trinajstić information content (AvgIpc) is 2.70. The fourth-order valence-electron chi connectivity index (χ4n) is 2.01. The molecule has 0 saturated heterocycles. The van der Waals surface area contributed by atoms with Gasteiger partial charge in [0.15, 0.2) is 0 Å². The molecular formula is C18H24N8O2. The largest absolute Gasteiger partial charge is 0.332 e.